The fourth-order valence-corrected chi connectivity index (χ4v) is 7.58. The molecule has 41 heavy (non-hydrogen) atoms. The Bertz CT molecular complexity index is 1990. The predicted octanol–water partition coefficient (Wildman–Crippen LogP) is 10.9. The first-order chi connectivity index (χ1) is 19.9. The van der Waals surface area contributed by atoms with Crippen LogP contribution in [0.25, 0.3) is 33.0 Å². The minimum atomic E-state index is -0.108. The molecule has 0 bridgehead atoms. The summed E-state index contributed by atoms with van der Waals surface area (Å²) in [6.45, 7) is 9.45. The van der Waals surface area contributed by atoms with Gasteiger partial charge in [-0.3, -0.25) is 0 Å². The van der Waals surface area contributed by atoms with Crippen LogP contribution in [-0.2, 0) is 10.8 Å². The van der Waals surface area contributed by atoms with Crippen LogP contribution < -0.4 is 4.90 Å². The number of benzene rings is 6. The van der Waals surface area contributed by atoms with Crippen LogP contribution in [0.4, 0.5) is 17.1 Å². The zero-order valence-electron chi connectivity index (χ0n) is 24.1. The average Bonchev–Trinajstić information content (AvgIpc) is 3.37. The van der Waals surface area contributed by atoms with E-state index in [0.717, 1.165) is 0 Å². The maximum Gasteiger partial charge on any atom is 0.0508 e. The van der Waals surface area contributed by atoms with Crippen molar-refractivity contribution in [3.05, 3.63) is 150 Å². The summed E-state index contributed by atoms with van der Waals surface area (Å²) < 4.78 is 0. The van der Waals surface area contributed by atoms with Crippen LogP contribution in [-0.4, -0.2) is 0 Å². The van der Waals surface area contributed by atoms with Crippen LogP contribution in [0.1, 0.15) is 49.9 Å². The van der Waals surface area contributed by atoms with E-state index in [0.29, 0.717) is 0 Å². The molecule has 2 aliphatic rings. The third-order valence-corrected chi connectivity index (χ3v) is 9.60. The molecule has 0 aliphatic heterocycles. The Morgan fingerprint density at radius 3 is 1.80 bits per heavy atom. The molecule has 0 unspecified atom stereocenters. The second-order valence-electron chi connectivity index (χ2n) is 12.6. The highest BCUT2D eigenvalue weighted by molar-refractivity contribution is 5.97. The van der Waals surface area contributed by atoms with Crippen LogP contribution in [0.3, 0.4) is 0 Å². The second-order valence-corrected chi connectivity index (χ2v) is 12.6. The lowest BCUT2D eigenvalue weighted by Crippen LogP contribution is -2.20. The maximum atomic E-state index is 2.46. The number of fused-ring (bicyclic) bond motifs is 7. The summed E-state index contributed by atoms with van der Waals surface area (Å²) in [7, 11) is 0. The van der Waals surface area contributed by atoms with Crippen molar-refractivity contribution in [2.24, 2.45) is 0 Å². The van der Waals surface area contributed by atoms with E-state index in [1.165, 1.54) is 72.3 Å². The highest BCUT2D eigenvalue weighted by atomic mass is 15.1. The number of hydrogen-bond acceptors (Lipinski definition) is 1. The molecule has 0 spiro atoms. The molecule has 8 rings (SSSR count). The lowest BCUT2D eigenvalue weighted by atomic mass is 9.81. The molecule has 1 nitrogen and oxygen atoms in total. The van der Waals surface area contributed by atoms with Crippen molar-refractivity contribution in [2.45, 2.75) is 38.5 Å². The van der Waals surface area contributed by atoms with E-state index in [1.54, 1.807) is 0 Å². The molecule has 0 amide bonds. The number of hydrogen-bond donors (Lipinski definition) is 0. The molecule has 0 fully saturated rings. The fourth-order valence-electron chi connectivity index (χ4n) is 7.58. The Labute approximate surface area is 242 Å². The van der Waals surface area contributed by atoms with Gasteiger partial charge >= 0.3 is 0 Å². The molecule has 0 saturated heterocycles. The van der Waals surface area contributed by atoms with Gasteiger partial charge in [0, 0.05) is 22.2 Å². The lowest BCUT2D eigenvalue weighted by Gasteiger charge is -2.32. The standard InChI is InChI=1S/C40H33N/c1-39(2)34-18-10-9-16-31(34)33-24-26-21-22-29(23-27(26)25-36(33)39)41(28-13-6-5-7-14-28)37-20-12-17-32-30-15-8-11-19-35(30)40(3,4)38(32)37/h5-25H,1-4H3. The molecule has 0 radical (unpaired) electrons. The quantitative estimate of drug-likeness (QED) is 0.221. The molecule has 0 aromatic heterocycles. The number of rotatable bonds is 3. The normalized spacial score (nSPS) is 15.2. The van der Waals surface area contributed by atoms with Crippen LogP contribution >= 0.6 is 0 Å². The van der Waals surface area contributed by atoms with Gasteiger partial charge in [0.1, 0.15) is 0 Å². The summed E-state index contributed by atoms with van der Waals surface area (Å²) in [5.41, 5.74) is 14.5. The average molecular weight is 528 g/mol. The molecule has 0 N–H and O–H groups in total. The van der Waals surface area contributed by atoms with Gasteiger partial charge in [0.25, 0.3) is 0 Å². The summed E-state index contributed by atoms with van der Waals surface area (Å²) in [6.07, 6.45) is 0. The monoisotopic (exact) mass is 527 g/mol. The summed E-state index contributed by atoms with van der Waals surface area (Å²) in [5.74, 6) is 0. The molecular weight excluding hydrogens is 494 g/mol. The Kier molecular flexibility index (Phi) is 4.98. The van der Waals surface area contributed by atoms with Gasteiger partial charge in [-0.05, 0) is 97.7 Å². The first-order valence-corrected chi connectivity index (χ1v) is 14.6. The van der Waals surface area contributed by atoms with E-state index < -0.39 is 0 Å². The minimum absolute atomic E-state index is 0.0225. The van der Waals surface area contributed by atoms with Crippen LogP contribution in [0.15, 0.2) is 127 Å². The van der Waals surface area contributed by atoms with E-state index in [-0.39, 0.29) is 10.8 Å². The molecule has 6 aromatic rings. The molecule has 198 valence electrons. The highest BCUT2D eigenvalue weighted by Gasteiger charge is 2.39. The van der Waals surface area contributed by atoms with Crippen molar-refractivity contribution in [3.63, 3.8) is 0 Å². The predicted molar refractivity (Wildman–Crippen MR) is 174 cm³/mol. The van der Waals surface area contributed by atoms with E-state index in [2.05, 4.69) is 160 Å². The number of anilines is 3. The van der Waals surface area contributed by atoms with Crippen LogP contribution in [0.5, 0.6) is 0 Å². The first-order valence-electron chi connectivity index (χ1n) is 14.6. The lowest BCUT2D eigenvalue weighted by molar-refractivity contribution is 0.660. The first kappa shape index (κ1) is 24.2. The van der Waals surface area contributed by atoms with Crippen molar-refractivity contribution in [1.29, 1.82) is 0 Å². The summed E-state index contributed by atoms with van der Waals surface area (Å²) in [4.78, 5) is 2.46. The Hall–Kier alpha value is -4.62. The van der Waals surface area contributed by atoms with Crippen LogP contribution in [0.2, 0.25) is 0 Å². The zero-order chi connectivity index (χ0) is 27.9. The van der Waals surface area contributed by atoms with Gasteiger partial charge in [-0.2, -0.15) is 0 Å². The Morgan fingerprint density at radius 2 is 1.05 bits per heavy atom. The van der Waals surface area contributed by atoms with Gasteiger partial charge in [-0.15, -0.1) is 0 Å². The molecule has 0 heterocycles. The van der Waals surface area contributed by atoms with Crippen molar-refractivity contribution in [2.75, 3.05) is 4.90 Å². The number of para-hydroxylation sites is 1. The van der Waals surface area contributed by atoms with Gasteiger partial charge in [0.05, 0.1) is 5.69 Å². The fraction of sp³-hybridized carbons (Fsp3) is 0.150. The third kappa shape index (κ3) is 3.36. The van der Waals surface area contributed by atoms with Gasteiger partial charge in [0.2, 0.25) is 0 Å². The third-order valence-electron chi connectivity index (χ3n) is 9.60. The largest absolute Gasteiger partial charge is 0.310 e. The van der Waals surface area contributed by atoms with Gasteiger partial charge in [0.15, 0.2) is 0 Å². The van der Waals surface area contributed by atoms with E-state index in [1.807, 2.05) is 0 Å². The van der Waals surface area contributed by atoms with Crippen molar-refractivity contribution in [3.8, 4) is 22.3 Å². The van der Waals surface area contributed by atoms with Gasteiger partial charge in [-0.25, -0.2) is 0 Å². The summed E-state index contributed by atoms with van der Waals surface area (Å²) in [5, 5.41) is 2.55. The van der Waals surface area contributed by atoms with Crippen molar-refractivity contribution in [1.82, 2.24) is 0 Å². The van der Waals surface area contributed by atoms with Gasteiger partial charge in [-0.1, -0.05) is 113 Å². The molecule has 1 heteroatoms. The Balaban J connectivity index is 1.35. The smallest absolute Gasteiger partial charge is 0.0508 e. The SMILES string of the molecule is CC1(C)c2ccccc2-c2cc3ccc(N(c4ccccc4)c4cccc5c4C(C)(C)c4ccccc4-5)cc3cc21. The van der Waals surface area contributed by atoms with E-state index in [4.69, 9.17) is 0 Å². The molecule has 6 aromatic carbocycles. The van der Waals surface area contributed by atoms with Crippen LogP contribution in [0, 0.1) is 0 Å². The molecule has 2 aliphatic carbocycles. The minimum Gasteiger partial charge on any atom is -0.310 e. The molecule has 0 saturated carbocycles. The topological polar surface area (TPSA) is 3.24 Å². The van der Waals surface area contributed by atoms with Gasteiger partial charge < -0.3 is 4.90 Å². The summed E-state index contributed by atoms with van der Waals surface area (Å²) in [6, 6.07) is 47.2. The maximum absolute atomic E-state index is 2.46. The highest BCUT2D eigenvalue weighted by Crippen LogP contribution is 2.55. The molecular formula is C40H33N. The van der Waals surface area contributed by atoms with E-state index >= 15 is 0 Å². The van der Waals surface area contributed by atoms with E-state index in [9.17, 15) is 0 Å². The molecule has 0 atom stereocenters. The Morgan fingerprint density at radius 1 is 0.415 bits per heavy atom. The summed E-state index contributed by atoms with van der Waals surface area (Å²) >= 11 is 0. The second kappa shape index (κ2) is 8.44. The van der Waals surface area contributed by atoms with Crippen molar-refractivity contribution < 1.29 is 0 Å². The number of nitrogens with zero attached hydrogens (tertiary/aromatic N) is 1. The zero-order valence-corrected chi connectivity index (χ0v) is 24.1. The van der Waals surface area contributed by atoms with Crippen molar-refractivity contribution >= 4 is 27.8 Å².